The number of aromatic amines is 1. The first-order valence-corrected chi connectivity index (χ1v) is 8.60. The Morgan fingerprint density at radius 3 is 2.44 bits per heavy atom. The van der Waals surface area contributed by atoms with E-state index in [1.807, 2.05) is 27.7 Å². The van der Waals surface area contributed by atoms with Gasteiger partial charge in [0.1, 0.15) is 0 Å². The third-order valence-electron chi connectivity index (χ3n) is 4.09. The van der Waals surface area contributed by atoms with Gasteiger partial charge < -0.3 is 4.90 Å². The van der Waals surface area contributed by atoms with Crippen LogP contribution in [0.15, 0.2) is 15.7 Å². The minimum absolute atomic E-state index is 0.0612. The van der Waals surface area contributed by atoms with E-state index in [-0.39, 0.29) is 22.9 Å². The summed E-state index contributed by atoms with van der Waals surface area (Å²) in [4.78, 5) is 45.9. The maximum absolute atomic E-state index is 13.0. The number of nitrogens with zero attached hydrogens (tertiary/aromatic N) is 3. The standard InChI is InChI=1S/C18H26N4O3/c1-7-22-15-14(16(23)20-18(22)25)12(8-13(19-15)11(4)5)17(24)21(6)9-10(2)3/h8,10-11H,7,9H2,1-6H3,(H,20,23,25). The highest BCUT2D eigenvalue weighted by atomic mass is 16.2. The molecule has 0 unspecified atom stereocenters. The van der Waals surface area contributed by atoms with Crippen molar-refractivity contribution in [3.63, 3.8) is 0 Å². The highest BCUT2D eigenvalue weighted by Crippen LogP contribution is 2.21. The van der Waals surface area contributed by atoms with Crippen LogP contribution in [-0.4, -0.2) is 38.9 Å². The average Bonchev–Trinajstić information content (AvgIpc) is 2.52. The fraction of sp³-hybridized carbons (Fsp3) is 0.556. The van der Waals surface area contributed by atoms with Gasteiger partial charge in [-0.25, -0.2) is 9.78 Å². The molecule has 7 heteroatoms. The number of hydrogen-bond acceptors (Lipinski definition) is 4. The molecule has 0 aliphatic carbocycles. The van der Waals surface area contributed by atoms with E-state index in [0.29, 0.717) is 30.3 Å². The number of carbonyl (C=O) groups is 1. The predicted molar refractivity (Wildman–Crippen MR) is 98.2 cm³/mol. The van der Waals surface area contributed by atoms with E-state index < -0.39 is 11.2 Å². The van der Waals surface area contributed by atoms with E-state index in [9.17, 15) is 14.4 Å². The van der Waals surface area contributed by atoms with E-state index in [1.54, 1.807) is 24.9 Å². The van der Waals surface area contributed by atoms with E-state index >= 15 is 0 Å². The van der Waals surface area contributed by atoms with E-state index in [4.69, 9.17) is 0 Å². The van der Waals surface area contributed by atoms with E-state index in [2.05, 4.69) is 9.97 Å². The summed E-state index contributed by atoms with van der Waals surface area (Å²) < 4.78 is 1.39. The number of hydrogen-bond donors (Lipinski definition) is 1. The first kappa shape index (κ1) is 18.9. The zero-order valence-electron chi connectivity index (χ0n) is 15.7. The molecule has 7 nitrogen and oxygen atoms in total. The van der Waals surface area contributed by atoms with Crippen LogP contribution in [-0.2, 0) is 6.54 Å². The summed E-state index contributed by atoms with van der Waals surface area (Å²) in [6.07, 6.45) is 0. The van der Waals surface area contributed by atoms with Crippen molar-refractivity contribution in [3.8, 4) is 0 Å². The van der Waals surface area contributed by atoms with Crippen LogP contribution < -0.4 is 11.2 Å². The van der Waals surface area contributed by atoms with Gasteiger partial charge in [-0.15, -0.1) is 0 Å². The molecule has 25 heavy (non-hydrogen) atoms. The zero-order valence-corrected chi connectivity index (χ0v) is 15.7. The highest BCUT2D eigenvalue weighted by Gasteiger charge is 2.22. The number of amides is 1. The van der Waals surface area contributed by atoms with Crippen LogP contribution in [0.25, 0.3) is 11.0 Å². The molecule has 0 aliphatic heterocycles. The molecule has 1 N–H and O–H groups in total. The molecular formula is C18H26N4O3. The number of H-pyrrole nitrogens is 1. The van der Waals surface area contributed by atoms with Crippen molar-refractivity contribution in [2.24, 2.45) is 5.92 Å². The molecule has 0 aliphatic rings. The first-order valence-electron chi connectivity index (χ1n) is 8.60. The Balaban J connectivity index is 2.84. The first-order chi connectivity index (χ1) is 11.7. The van der Waals surface area contributed by atoms with E-state index in [1.165, 1.54) is 4.57 Å². The van der Waals surface area contributed by atoms with Crippen molar-refractivity contribution in [2.75, 3.05) is 13.6 Å². The third-order valence-corrected chi connectivity index (χ3v) is 4.09. The fourth-order valence-electron chi connectivity index (χ4n) is 2.89. The molecule has 1 amide bonds. The SMILES string of the molecule is CCn1c(=O)[nH]c(=O)c2c(C(=O)N(C)CC(C)C)cc(C(C)C)nc21. The monoisotopic (exact) mass is 346 g/mol. The van der Waals surface area contributed by atoms with Crippen molar-refractivity contribution in [1.29, 1.82) is 0 Å². The quantitative estimate of drug-likeness (QED) is 0.896. The summed E-state index contributed by atoms with van der Waals surface area (Å²) in [7, 11) is 1.72. The molecule has 136 valence electrons. The third kappa shape index (κ3) is 3.65. The van der Waals surface area contributed by atoms with Crippen LogP contribution in [0.4, 0.5) is 0 Å². The summed E-state index contributed by atoms with van der Waals surface area (Å²) >= 11 is 0. The lowest BCUT2D eigenvalue weighted by molar-refractivity contribution is 0.0780. The zero-order chi connectivity index (χ0) is 18.9. The number of pyridine rings is 1. The van der Waals surface area contributed by atoms with Gasteiger partial charge in [0.25, 0.3) is 11.5 Å². The second kappa shape index (κ2) is 7.21. The second-order valence-electron chi connectivity index (χ2n) is 7.03. The number of fused-ring (bicyclic) bond motifs is 1. The van der Waals surface area contributed by atoms with Gasteiger partial charge in [0, 0.05) is 25.8 Å². The van der Waals surface area contributed by atoms with Crippen LogP contribution in [0, 0.1) is 5.92 Å². The van der Waals surface area contributed by atoms with Gasteiger partial charge >= 0.3 is 5.69 Å². The van der Waals surface area contributed by atoms with Crippen LogP contribution in [0.1, 0.15) is 56.6 Å². The fourth-order valence-corrected chi connectivity index (χ4v) is 2.89. The molecule has 0 radical (unpaired) electrons. The largest absolute Gasteiger partial charge is 0.341 e. The normalized spacial score (nSPS) is 11.5. The number of carbonyl (C=O) groups excluding carboxylic acids is 1. The summed E-state index contributed by atoms with van der Waals surface area (Å²) in [5, 5.41) is 0.173. The summed E-state index contributed by atoms with van der Waals surface area (Å²) in [5.74, 6) is 0.125. The van der Waals surface area contributed by atoms with E-state index in [0.717, 1.165) is 0 Å². The minimum atomic E-state index is -0.575. The molecule has 2 rings (SSSR count). The number of nitrogens with one attached hydrogen (secondary N) is 1. The lowest BCUT2D eigenvalue weighted by atomic mass is 10.0. The maximum atomic E-state index is 13.0. The average molecular weight is 346 g/mol. The van der Waals surface area contributed by atoms with Crippen molar-refractivity contribution in [2.45, 2.75) is 47.1 Å². The lowest BCUT2D eigenvalue weighted by Gasteiger charge is -2.21. The topological polar surface area (TPSA) is 88.1 Å². The molecule has 0 saturated carbocycles. The number of aryl methyl sites for hydroxylation is 1. The summed E-state index contributed by atoms with van der Waals surface area (Å²) in [5.41, 5.74) is 0.154. The van der Waals surface area contributed by atoms with Gasteiger partial charge in [-0.05, 0) is 24.8 Å². The predicted octanol–water partition coefficient (Wildman–Crippen LogP) is 1.96. The summed E-state index contributed by atoms with van der Waals surface area (Å²) in [6, 6.07) is 1.67. The van der Waals surface area contributed by atoms with Gasteiger partial charge in [0.05, 0.1) is 10.9 Å². The number of rotatable bonds is 5. The Hall–Kier alpha value is -2.44. The minimum Gasteiger partial charge on any atom is -0.341 e. The maximum Gasteiger partial charge on any atom is 0.329 e. The van der Waals surface area contributed by atoms with Crippen LogP contribution in [0.2, 0.25) is 0 Å². The molecule has 2 aromatic heterocycles. The molecule has 2 aromatic rings. The van der Waals surface area contributed by atoms with Gasteiger partial charge in [-0.1, -0.05) is 27.7 Å². The lowest BCUT2D eigenvalue weighted by Crippen LogP contribution is -2.35. The summed E-state index contributed by atoms with van der Waals surface area (Å²) in [6.45, 7) is 10.7. The van der Waals surface area contributed by atoms with Crippen molar-refractivity contribution < 1.29 is 4.79 Å². The Kier molecular flexibility index (Phi) is 5.45. The van der Waals surface area contributed by atoms with Gasteiger partial charge in [-0.2, -0.15) is 0 Å². The highest BCUT2D eigenvalue weighted by molar-refractivity contribution is 6.05. The van der Waals surface area contributed by atoms with Crippen LogP contribution in [0.3, 0.4) is 0 Å². The Morgan fingerprint density at radius 2 is 1.92 bits per heavy atom. The molecule has 0 fully saturated rings. The molecule has 0 saturated heterocycles. The number of aromatic nitrogens is 3. The van der Waals surface area contributed by atoms with Crippen molar-refractivity contribution >= 4 is 16.9 Å². The van der Waals surface area contributed by atoms with Gasteiger partial charge in [0.15, 0.2) is 5.65 Å². The Bertz CT molecular complexity index is 909. The van der Waals surface area contributed by atoms with Gasteiger partial charge in [0.2, 0.25) is 0 Å². The van der Waals surface area contributed by atoms with Gasteiger partial charge in [-0.3, -0.25) is 19.1 Å². The second-order valence-corrected chi connectivity index (χ2v) is 7.03. The molecular weight excluding hydrogens is 320 g/mol. The molecule has 0 bridgehead atoms. The molecule has 2 heterocycles. The van der Waals surface area contributed by atoms with Crippen LogP contribution in [0.5, 0.6) is 0 Å². The molecule has 0 spiro atoms. The molecule has 0 atom stereocenters. The Morgan fingerprint density at radius 1 is 1.28 bits per heavy atom. The Labute approximate surface area is 146 Å². The van der Waals surface area contributed by atoms with Crippen LogP contribution >= 0.6 is 0 Å². The van der Waals surface area contributed by atoms with Crippen molar-refractivity contribution in [1.82, 2.24) is 19.4 Å². The molecule has 0 aromatic carbocycles. The smallest absolute Gasteiger partial charge is 0.329 e. The van der Waals surface area contributed by atoms with Crippen molar-refractivity contribution in [3.05, 3.63) is 38.2 Å².